The molecule has 1 aliphatic heterocycles. The summed E-state index contributed by atoms with van der Waals surface area (Å²) < 4.78 is 5.14. The molecule has 6 nitrogen and oxygen atoms in total. The highest BCUT2D eigenvalue weighted by Gasteiger charge is 2.25. The van der Waals surface area contributed by atoms with E-state index in [0.717, 1.165) is 17.0 Å². The van der Waals surface area contributed by atoms with Crippen molar-refractivity contribution in [3.63, 3.8) is 0 Å². The lowest BCUT2D eigenvalue weighted by atomic mass is 10.2. The Kier molecular flexibility index (Phi) is 5.46. The van der Waals surface area contributed by atoms with Gasteiger partial charge in [0.2, 0.25) is 0 Å². The molecule has 1 N–H and O–H groups in total. The summed E-state index contributed by atoms with van der Waals surface area (Å²) in [6.07, 6.45) is 2.31. The number of amides is 1. The van der Waals surface area contributed by atoms with Crippen molar-refractivity contribution < 1.29 is 19.1 Å². The number of Topliss-reactive ketones (excluding diaryl/α,β-unsaturated/α-hetero) is 1. The van der Waals surface area contributed by atoms with Gasteiger partial charge in [-0.25, -0.2) is 4.79 Å². The van der Waals surface area contributed by atoms with Gasteiger partial charge in [-0.1, -0.05) is 19.1 Å². The van der Waals surface area contributed by atoms with Gasteiger partial charge >= 0.3 is 5.97 Å². The lowest BCUT2D eigenvalue weighted by Gasteiger charge is -2.22. The van der Waals surface area contributed by atoms with Crippen LogP contribution >= 0.6 is 11.8 Å². The van der Waals surface area contributed by atoms with Crippen LogP contribution in [-0.2, 0) is 9.53 Å². The fourth-order valence-electron chi connectivity index (χ4n) is 2.74. The number of nitrogens with one attached hydrogen (secondary N) is 1. The minimum Gasteiger partial charge on any atom is -0.451 e. The second-order valence-corrected chi connectivity index (χ2v) is 7.64. The molecular formula is C19H20N2O4S. The van der Waals surface area contributed by atoms with Crippen LogP contribution in [0, 0.1) is 0 Å². The standard InChI is InChI=1S/C19H20N2O4S/c1-12-7-8-21(16-5-3-4-6-17(16)26-12)18(23)11-25-19(24)15-9-14(10-20-15)13(2)22/h3-6,9-10,12,20H,7-8,11H2,1-2H3/t12-/m0/s1. The molecule has 3 rings (SSSR count). The van der Waals surface area contributed by atoms with Crippen LogP contribution in [0.4, 0.5) is 5.69 Å². The summed E-state index contributed by atoms with van der Waals surface area (Å²) in [4.78, 5) is 41.5. The molecule has 7 heteroatoms. The van der Waals surface area contributed by atoms with Crippen LogP contribution in [0.1, 0.15) is 41.1 Å². The van der Waals surface area contributed by atoms with Crippen molar-refractivity contribution in [2.45, 2.75) is 30.4 Å². The summed E-state index contributed by atoms with van der Waals surface area (Å²) in [7, 11) is 0. The predicted octanol–water partition coefficient (Wildman–Crippen LogP) is 3.29. The number of fused-ring (bicyclic) bond motifs is 1. The third kappa shape index (κ3) is 3.99. The third-order valence-corrected chi connectivity index (χ3v) is 5.42. The Bertz CT molecular complexity index is 846. The van der Waals surface area contributed by atoms with E-state index in [4.69, 9.17) is 4.74 Å². The smallest absolute Gasteiger partial charge is 0.355 e. The van der Waals surface area contributed by atoms with Crippen molar-refractivity contribution in [2.75, 3.05) is 18.1 Å². The van der Waals surface area contributed by atoms with Gasteiger partial charge in [0.1, 0.15) is 5.69 Å². The molecule has 1 atom stereocenters. The van der Waals surface area contributed by atoms with Gasteiger partial charge in [0, 0.05) is 28.5 Å². The number of carbonyl (C=O) groups is 3. The quantitative estimate of drug-likeness (QED) is 0.658. The van der Waals surface area contributed by atoms with Gasteiger partial charge in [-0.3, -0.25) is 9.59 Å². The van der Waals surface area contributed by atoms with E-state index in [9.17, 15) is 14.4 Å². The first-order chi connectivity index (χ1) is 12.5. The number of nitrogens with zero attached hydrogens (tertiary/aromatic N) is 1. The normalized spacial score (nSPS) is 16.5. The Morgan fingerprint density at radius 3 is 2.81 bits per heavy atom. The molecule has 0 spiro atoms. The van der Waals surface area contributed by atoms with Crippen molar-refractivity contribution in [2.24, 2.45) is 0 Å². The van der Waals surface area contributed by atoms with Crippen molar-refractivity contribution in [1.82, 2.24) is 4.98 Å². The van der Waals surface area contributed by atoms with Crippen LogP contribution in [0.2, 0.25) is 0 Å². The number of ketones is 1. The number of esters is 1. The molecule has 0 radical (unpaired) electrons. The molecule has 0 saturated carbocycles. The summed E-state index contributed by atoms with van der Waals surface area (Å²) in [6, 6.07) is 9.17. The summed E-state index contributed by atoms with van der Waals surface area (Å²) in [5.41, 5.74) is 1.40. The molecule has 1 aliphatic rings. The summed E-state index contributed by atoms with van der Waals surface area (Å²) >= 11 is 1.74. The minimum absolute atomic E-state index is 0.149. The number of aromatic amines is 1. The average Bonchev–Trinajstić information content (AvgIpc) is 3.05. The molecule has 1 amide bonds. The highest BCUT2D eigenvalue weighted by atomic mass is 32.2. The van der Waals surface area contributed by atoms with Crippen LogP contribution in [0.25, 0.3) is 0 Å². The molecule has 136 valence electrons. The fourth-order valence-corrected chi connectivity index (χ4v) is 3.86. The first kappa shape index (κ1) is 18.3. The number of anilines is 1. The van der Waals surface area contributed by atoms with E-state index >= 15 is 0 Å². The maximum Gasteiger partial charge on any atom is 0.355 e. The minimum atomic E-state index is -0.656. The molecule has 26 heavy (non-hydrogen) atoms. The summed E-state index contributed by atoms with van der Waals surface area (Å²) in [5.74, 6) is -1.07. The Hall–Kier alpha value is -2.54. The molecule has 1 aromatic heterocycles. The number of H-pyrrole nitrogens is 1. The van der Waals surface area contributed by atoms with Gasteiger partial charge in [0.05, 0.1) is 5.69 Å². The van der Waals surface area contributed by atoms with E-state index in [1.165, 1.54) is 19.2 Å². The highest BCUT2D eigenvalue weighted by molar-refractivity contribution is 8.00. The molecule has 0 bridgehead atoms. The van der Waals surface area contributed by atoms with Gasteiger partial charge < -0.3 is 14.6 Å². The van der Waals surface area contributed by atoms with Gasteiger partial charge in [0.25, 0.3) is 5.91 Å². The molecule has 0 saturated heterocycles. The molecular weight excluding hydrogens is 352 g/mol. The number of ether oxygens (including phenoxy) is 1. The first-order valence-corrected chi connectivity index (χ1v) is 9.26. The maximum absolute atomic E-state index is 12.6. The average molecular weight is 372 g/mol. The molecule has 1 aromatic carbocycles. The first-order valence-electron chi connectivity index (χ1n) is 8.38. The SMILES string of the molecule is CC(=O)c1c[nH]c(C(=O)OCC(=O)N2CC[C@H](C)Sc3ccccc32)c1. The van der Waals surface area contributed by atoms with Crippen molar-refractivity contribution in [1.29, 1.82) is 0 Å². The van der Waals surface area contributed by atoms with E-state index in [0.29, 0.717) is 17.4 Å². The second-order valence-electron chi connectivity index (χ2n) is 6.16. The Labute approximate surface area is 155 Å². The third-order valence-electron chi connectivity index (χ3n) is 4.18. The molecule has 2 heterocycles. The number of hydrogen-bond acceptors (Lipinski definition) is 5. The molecule has 0 unspecified atom stereocenters. The summed E-state index contributed by atoms with van der Waals surface area (Å²) in [6.45, 7) is 3.78. The maximum atomic E-state index is 12.6. The second kappa shape index (κ2) is 7.78. The number of para-hydroxylation sites is 1. The van der Waals surface area contributed by atoms with Crippen molar-refractivity contribution >= 4 is 35.1 Å². The lowest BCUT2D eigenvalue weighted by molar-refractivity contribution is -0.121. The van der Waals surface area contributed by atoms with Crippen molar-refractivity contribution in [3.8, 4) is 0 Å². The number of carbonyl (C=O) groups excluding carboxylic acids is 3. The number of hydrogen-bond donors (Lipinski definition) is 1. The lowest BCUT2D eigenvalue weighted by Crippen LogP contribution is -2.35. The number of rotatable bonds is 4. The van der Waals surface area contributed by atoms with Crippen LogP contribution < -0.4 is 4.90 Å². The predicted molar refractivity (Wildman–Crippen MR) is 99.8 cm³/mol. The van der Waals surface area contributed by atoms with Gasteiger partial charge in [0.15, 0.2) is 12.4 Å². The zero-order chi connectivity index (χ0) is 18.7. The zero-order valence-corrected chi connectivity index (χ0v) is 15.5. The topological polar surface area (TPSA) is 79.5 Å². The van der Waals surface area contributed by atoms with Crippen molar-refractivity contribution in [3.05, 3.63) is 47.8 Å². The van der Waals surface area contributed by atoms with Crippen LogP contribution in [0.5, 0.6) is 0 Å². The van der Waals surface area contributed by atoms with E-state index in [1.54, 1.807) is 16.7 Å². The number of thioether (sulfide) groups is 1. The Morgan fingerprint density at radius 1 is 1.31 bits per heavy atom. The Morgan fingerprint density at radius 2 is 2.08 bits per heavy atom. The Balaban J connectivity index is 1.68. The van der Waals surface area contributed by atoms with E-state index in [-0.39, 0.29) is 24.0 Å². The summed E-state index contributed by atoms with van der Waals surface area (Å²) in [5, 5.41) is 0.403. The van der Waals surface area contributed by atoms with E-state index in [2.05, 4.69) is 11.9 Å². The van der Waals surface area contributed by atoms with Gasteiger partial charge in [-0.2, -0.15) is 0 Å². The van der Waals surface area contributed by atoms with Crippen LogP contribution in [-0.4, -0.2) is 41.0 Å². The molecule has 2 aromatic rings. The largest absolute Gasteiger partial charge is 0.451 e. The monoisotopic (exact) mass is 372 g/mol. The number of benzene rings is 1. The van der Waals surface area contributed by atoms with Gasteiger partial charge in [-0.15, -0.1) is 11.8 Å². The van der Waals surface area contributed by atoms with E-state index < -0.39 is 5.97 Å². The van der Waals surface area contributed by atoms with Gasteiger partial charge in [-0.05, 0) is 31.5 Å². The molecule has 0 fully saturated rings. The van der Waals surface area contributed by atoms with Crippen LogP contribution in [0.3, 0.4) is 0 Å². The fraction of sp³-hybridized carbons (Fsp3) is 0.316. The van der Waals surface area contributed by atoms with Crippen LogP contribution in [0.15, 0.2) is 41.4 Å². The van der Waals surface area contributed by atoms with E-state index in [1.807, 2.05) is 24.3 Å². The zero-order valence-electron chi connectivity index (χ0n) is 14.7. The molecule has 0 aliphatic carbocycles. The highest BCUT2D eigenvalue weighted by Crippen LogP contribution is 2.37. The number of aromatic nitrogens is 1.